The monoisotopic (exact) mass is 336 g/mol. The van der Waals surface area contributed by atoms with E-state index in [2.05, 4.69) is 18.8 Å². The maximum atomic E-state index is 13.2. The van der Waals surface area contributed by atoms with Gasteiger partial charge in [-0.1, -0.05) is 32.0 Å². The Morgan fingerprint density at radius 3 is 2.44 bits per heavy atom. The predicted octanol–water partition coefficient (Wildman–Crippen LogP) is 5.07. The van der Waals surface area contributed by atoms with E-state index >= 15 is 0 Å². The third-order valence-corrected chi connectivity index (χ3v) is 4.21. The molecule has 4 nitrogen and oxygen atoms in total. The summed E-state index contributed by atoms with van der Waals surface area (Å²) in [5.74, 6) is 1.58. The Morgan fingerprint density at radius 2 is 1.80 bits per heavy atom. The summed E-state index contributed by atoms with van der Waals surface area (Å²) in [7, 11) is 0. The number of carbonyl (C=O) groups excluding carboxylic acids is 1. The zero-order valence-electron chi connectivity index (χ0n) is 15.1. The van der Waals surface area contributed by atoms with Crippen molar-refractivity contribution in [2.24, 2.45) is 0 Å². The smallest absolute Gasteiger partial charge is 0.254 e. The fourth-order valence-corrected chi connectivity index (χ4v) is 3.08. The number of rotatable bonds is 6. The highest BCUT2D eigenvalue weighted by Crippen LogP contribution is 2.27. The van der Waals surface area contributed by atoms with Crippen LogP contribution in [0, 0.1) is 6.92 Å². The Morgan fingerprint density at radius 1 is 1.08 bits per heavy atom. The van der Waals surface area contributed by atoms with Crippen molar-refractivity contribution in [1.82, 2.24) is 9.88 Å². The van der Waals surface area contributed by atoms with Crippen LogP contribution in [0.15, 0.2) is 46.9 Å². The number of aromatic nitrogens is 1. The summed E-state index contributed by atoms with van der Waals surface area (Å²) in [6, 6.07) is 13.5. The molecule has 2 aromatic heterocycles. The van der Waals surface area contributed by atoms with E-state index < -0.39 is 0 Å². The topological polar surface area (TPSA) is 46.3 Å². The summed E-state index contributed by atoms with van der Waals surface area (Å²) < 4.78 is 5.72. The van der Waals surface area contributed by atoms with Crippen molar-refractivity contribution in [3.8, 4) is 11.5 Å². The van der Waals surface area contributed by atoms with E-state index in [0.717, 1.165) is 42.6 Å². The molecule has 25 heavy (non-hydrogen) atoms. The molecule has 0 fully saturated rings. The molecule has 0 aliphatic rings. The number of hydrogen-bond donors (Lipinski definition) is 0. The van der Waals surface area contributed by atoms with Crippen LogP contribution in [-0.4, -0.2) is 28.9 Å². The largest absolute Gasteiger partial charge is 0.460 e. The molecule has 0 spiro atoms. The van der Waals surface area contributed by atoms with Crippen molar-refractivity contribution in [2.75, 3.05) is 13.1 Å². The SMILES string of the molecule is CCCN(CCC)C(=O)c1cc(-c2ccc(C)o2)nc2ccccc12. The molecule has 4 heteroatoms. The molecule has 0 N–H and O–H groups in total. The van der Waals surface area contributed by atoms with Gasteiger partial charge in [-0.05, 0) is 44.0 Å². The fraction of sp³-hybridized carbons (Fsp3) is 0.333. The molecule has 0 unspecified atom stereocenters. The lowest BCUT2D eigenvalue weighted by atomic mass is 10.1. The molecular formula is C21H24N2O2. The second-order valence-corrected chi connectivity index (χ2v) is 6.27. The van der Waals surface area contributed by atoms with Crippen molar-refractivity contribution in [1.29, 1.82) is 0 Å². The van der Waals surface area contributed by atoms with E-state index in [-0.39, 0.29) is 5.91 Å². The maximum Gasteiger partial charge on any atom is 0.254 e. The Hall–Kier alpha value is -2.62. The summed E-state index contributed by atoms with van der Waals surface area (Å²) in [6.45, 7) is 7.62. The number of aryl methyl sites for hydroxylation is 1. The lowest BCUT2D eigenvalue weighted by molar-refractivity contribution is 0.0757. The minimum absolute atomic E-state index is 0.0619. The van der Waals surface area contributed by atoms with Gasteiger partial charge in [0, 0.05) is 18.5 Å². The minimum atomic E-state index is 0.0619. The van der Waals surface area contributed by atoms with Crippen LogP contribution in [0.3, 0.4) is 0 Å². The van der Waals surface area contributed by atoms with E-state index in [9.17, 15) is 4.79 Å². The number of carbonyl (C=O) groups is 1. The summed E-state index contributed by atoms with van der Waals surface area (Å²) in [5, 5.41) is 0.886. The third-order valence-electron chi connectivity index (χ3n) is 4.21. The fourth-order valence-electron chi connectivity index (χ4n) is 3.08. The van der Waals surface area contributed by atoms with Gasteiger partial charge in [0.2, 0.25) is 0 Å². The van der Waals surface area contributed by atoms with Gasteiger partial charge in [-0.25, -0.2) is 4.98 Å². The lowest BCUT2D eigenvalue weighted by Gasteiger charge is -2.22. The molecule has 130 valence electrons. The predicted molar refractivity (Wildman–Crippen MR) is 101 cm³/mol. The van der Waals surface area contributed by atoms with Crippen molar-refractivity contribution >= 4 is 16.8 Å². The van der Waals surface area contributed by atoms with Crippen LogP contribution in [0.4, 0.5) is 0 Å². The van der Waals surface area contributed by atoms with Crippen LogP contribution in [0.2, 0.25) is 0 Å². The second kappa shape index (κ2) is 7.51. The zero-order chi connectivity index (χ0) is 17.8. The normalized spacial score (nSPS) is 11.0. The molecule has 0 bridgehead atoms. The second-order valence-electron chi connectivity index (χ2n) is 6.27. The van der Waals surface area contributed by atoms with Gasteiger partial charge in [-0.3, -0.25) is 4.79 Å². The van der Waals surface area contributed by atoms with Crippen LogP contribution in [0.25, 0.3) is 22.4 Å². The van der Waals surface area contributed by atoms with Gasteiger partial charge in [-0.2, -0.15) is 0 Å². The first kappa shape index (κ1) is 17.2. The van der Waals surface area contributed by atoms with Crippen LogP contribution in [-0.2, 0) is 0 Å². The Balaban J connectivity index is 2.13. The van der Waals surface area contributed by atoms with Gasteiger partial charge < -0.3 is 9.32 Å². The quantitative estimate of drug-likeness (QED) is 0.631. The summed E-state index contributed by atoms with van der Waals surface area (Å²) in [4.78, 5) is 19.8. The van der Waals surface area contributed by atoms with Gasteiger partial charge in [0.05, 0.1) is 11.1 Å². The highest BCUT2D eigenvalue weighted by Gasteiger charge is 2.19. The molecule has 0 aliphatic heterocycles. The molecule has 0 radical (unpaired) electrons. The Labute approximate surface area is 148 Å². The molecule has 1 amide bonds. The molecule has 0 aliphatic carbocycles. The molecule has 1 aromatic carbocycles. The summed E-state index contributed by atoms with van der Waals surface area (Å²) >= 11 is 0. The van der Waals surface area contributed by atoms with E-state index in [1.165, 1.54) is 0 Å². The zero-order valence-corrected chi connectivity index (χ0v) is 15.1. The van der Waals surface area contributed by atoms with Crippen molar-refractivity contribution in [3.05, 3.63) is 53.8 Å². The number of hydrogen-bond acceptors (Lipinski definition) is 3. The Kier molecular flexibility index (Phi) is 5.17. The van der Waals surface area contributed by atoms with E-state index in [0.29, 0.717) is 17.0 Å². The first-order valence-electron chi connectivity index (χ1n) is 8.90. The first-order chi connectivity index (χ1) is 12.1. The average Bonchev–Trinajstić information content (AvgIpc) is 3.06. The highest BCUT2D eigenvalue weighted by molar-refractivity contribution is 6.07. The number of amides is 1. The standard InChI is InChI=1S/C21H24N2O2/c1-4-12-23(13-5-2)21(24)17-14-19(20-11-10-15(3)25-20)22-18-9-7-6-8-16(17)18/h6-11,14H,4-5,12-13H2,1-3H3. The number of furan rings is 1. The third kappa shape index (κ3) is 3.58. The van der Waals surface area contributed by atoms with Gasteiger partial charge in [0.1, 0.15) is 11.5 Å². The van der Waals surface area contributed by atoms with Crippen LogP contribution in [0.1, 0.15) is 42.8 Å². The molecule has 3 rings (SSSR count). The molecule has 3 aromatic rings. The Bertz CT molecular complexity index is 876. The maximum absolute atomic E-state index is 13.2. The molecule has 0 saturated heterocycles. The van der Waals surface area contributed by atoms with Crippen LogP contribution in [0.5, 0.6) is 0 Å². The molecule has 0 saturated carbocycles. The number of para-hydroxylation sites is 1. The van der Waals surface area contributed by atoms with Crippen molar-refractivity contribution < 1.29 is 9.21 Å². The van der Waals surface area contributed by atoms with Gasteiger partial charge in [-0.15, -0.1) is 0 Å². The molecule has 2 heterocycles. The summed E-state index contributed by atoms with van der Waals surface area (Å²) in [6.07, 6.45) is 1.89. The van der Waals surface area contributed by atoms with E-state index in [1.54, 1.807) is 0 Å². The number of pyridine rings is 1. The number of benzene rings is 1. The first-order valence-corrected chi connectivity index (χ1v) is 8.90. The van der Waals surface area contributed by atoms with Crippen molar-refractivity contribution in [2.45, 2.75) is 33.6 Å². The van der Waals surface area contributed by atoms with E-state index in [1.807, 2.05) is 54.3 Å². The van der Waals surface area contributed by atoms with Gasteiger partial charge in [0.15, 0.2) is 5.76 Å². The summed E-state index contributed by atoms with van der Waals surface area (Å²) in [5.41, 5.74) is 2.20. The van der Waals surface area contributed by atoms with Gasteiger partial charge >= 0.3 is 0 Å². The highest BCUT2D eigenvalue weighted by atomic mass is 16.3. The van der Waals surface area contributed by atoms with Crippen LogP contribution >= 0.6 is 0 Å². The number of nitrogens with zero attached hydrogens (tertiary/aromatic N) is 2. The molecule has 0 atom stereocenters. The van der Waals surface area contributed by atoms with Gasteiger partial charge in [0.25, 0.3) is 5.91 Å². The lowest BCUT2D eigenvalue weighted by Crippen LogP contribution is -2.32. The average molecular weight is 336 g/mol. The minimum Gasteiger partial charge on any atom is -0.460 e. The van der Waals surface area contributed by atoms with Crippen molar-refractivity contribution in [3.63, 3.8) is 0 Å². The molecular weight excluding hydrogens is 312 g/mol. The van der Waals surface area contributed by atoms with Crippen LogP contribution < -0.4 is 0 Å². The number of fused-ring (bicyclic) bond motifs is 1. The van der Waals surface area contributed by atoms with E-state index in [4.69, 9.17) is 4.42 Å².